The first-order chi connectivity index (χ1) is 13.8. The minimum Gasteiger partial charge on any atom is -0.460 e. The number of ether oxygens (including phenoxy) is 3. The summed E-state index contributed by atoms with van der Waals surface area (Å²) in [6, 6.07) is 0.957. The van der Waals surface area contributed by atoms with E-state index in [2.05, 4.69) is 46.0 Å². The molecule has 10 heteroatoms. The largest absolute Gasteiger partial charge is 0.460 e. The maximum atomic E-state index is 12.5. The van der Waals surface area contributed by atoms with Crippen LogP contribution in [0.25, 0.3) is 0 Å². The Kier molecular flexibility index (Phi) is 10.7. The van der Waals surface area contributed by atoms with Crippen molar-refractivity contribution in [1.82, 2.24) is 9.78 Å². The van der Waals surface area contributed by atoms with Crippen LogP contribution in [0.4, 0.5) is 5.69 Å². The minimum atomic E-state index is -1.17. The van der Waals surface area contributed by atoms with Gasteiger partial charge in [-0.1, -0.05) is 19.6 Å². The molecule has 1 N–H and O–H groups in total. The van der Waals surface area contributed by atoms with E-state index in [4.69, 9.17) is 14.2 Å². The summed E-state index contributed by atoms with van der Waals surface area (Å²) in [4.78, 5) is 24.1. The van der Waals surface area contributed by atoms with Crippen LogP contribution < -0.4 is 10.9 Å². The Bertz CT molecular complexity index is 743. The van der Waals surface area contributed by atoms with E-state index < -0.39 is 13.7 Å². The van der Waals surface area contributed by atoms with Crippen LogP contribution in [0.5, 0.6) is 0 Å². The van der Waals surface area contributed by atoms with Gasteiger partial charge in [0.1, 0.15) is 16.8 Å². The first-order valence-corrected chi connectivity index (χ1v) is 14.7. The number of hydrogen-bond acceptors (Lipinski definition) is 7. The molecule has 1 aromatic heterocycles. The molecule has 0 amide bonds. The van der Waals surface area contributed by atoms with Crippen molar-refractivity contribution in [1.29, 1.82) is 0 Å². The molecule has 0 bridgehead atoms. The van der Waals surface area contributed by atoms with Crippen molar-refractivity contribution in [3.05, 3.63) is 21.0 Å². The molecule has 0 saturated carbocycles. The van der Waals surface area contributed by atoms with Gasteiger partial charge in [0.05, 0.1) is 31.5 Å². The van der Waals surface area contributed by atoms with Crippen LogP contribution in [-0.2, 0) is 25.7 Å². The molecular formula is C20H36BrN3O5Si. The van der Waals surface area contributed by atoms with Crippen LogP contribution in [0.15, 0.2) is 15.5 Å². The molecule has 1 heterocycles. The van der Waals surface area contributed by atoms with Crippen LogP contribution in [0.1, 0.15) is 34.1 Å². The predicted molar refractivity (Wildman–Crippen MR) is 125 cm³/mol. The summed E-state index contributed by atoms with van der Waals surface area (Å²) >= 11 is 3.34. The fourth-order valence-electron chi connectivity index (χ4n) is 2.30. The SMILES string of the molecule is C[C@@H](COCCC(=O)OC(C)(C)C)Nc1cnn(COCC[Si](C)(C)C)c(=O)c1Br. The quantitative estimate of drug-likeness (QED) is 0.261. The topological polar surface area (TPSA) is 91.7 Å². The second-order valence-corrected chi connectivity index (χ2v) is 15.9. The molecule has 0 aliphatic heterocycles. The fraction of sp³-hybridized carbons (Fsp3) is 0.750. The molecule has 0 unspecified atom stereocenters. The van der Waals surface area contributed by atoms with Crippen LogP contribution in [0.2, 0.25) is 25.7 Å². The lowest BCUT2D eigenvalue weighted by molar-refractivity contribution is -0.156. The number of carbonyl (C=O) groups excluding carboxylic acids is 1. The van der Waals surface area contributed by atoms with Gasteiger partial charge in [-0.2, -0.15) is 5.10 Å². The number of nitrogens with zero attached hydrogens (tertiary/aromatic N) is 2. The Morgan fingerprint density at radius 2 is 1.93 bits per heavy atom. The number of aromatic nitrogens is 2. The van der Waals surface area contributed by atoms with Gasteiger partial charge in [-0.05, 0) is 49.7 Å². The van der Waals surface area contributed by atoms with Crippen LogP contribution in [0.3, 0.4) is 0 Å². The highest BCUT2D eigenvalue weighted by Gasteiger charge is 2.16. The molecule has 0 radical (unpaired) electrons. The van der Waals surface area contributed by atoms with E-state index in [1.807, 2.05) is 27.7 Å². The van der Waals surface area contributed by atoms with Gasteiger partial charge in [0.25, 0.3) is 5.56 Å². The van der Waals surface area contributed by atoms with E-state index in [0.29, 0.717) is 23.4 Å². The van der Waals surface area contributed by atoms with Gasteiger partial charge in [-0.25, -0.2) is 4.68 Å². The molecule has 8 nitrogen and oxygen atoms in total. The maximum Gasteiger partial charge on any atom is 0.308 e. The zero-order valence-electron chi connectivity index (χ0n) is 19.2. The smallest absolute Gasteiger partial charge is 0.308 e. The Balaban J connectivity index is 2.45. The zero-order valence-corrected chi connectivity index (χ0v) is 21.8. The van der Waals surface area contributed by atoms with Gasteiger partial charge in [0.15, 0.2) is 0 Å². The van der Waals surface area contributed by atoms with E-state index in [9.17, 15) is 9.59 Å². The van der Waals surface area contributed by atoms with Crippen molar-refractivity contribution in [3.8, 4) is 0 Å². The summed E-state index contributed by atoms with van der Waals surface area (Å²) in [6.07, 6.45) is 1.79. The molecule has 1 aromatic rings. The average Bonchev–Trinajstić information content (AvgIpc) is 2.59. The number of nitrogens with one attached hydrogen (secondary N) is 1. The summed E-state index contributed by atoms with van der Waals surface area (Å²) in [7, 11) is -1.17. The van der Waals surface area contributed by atoms with Crippen LogP contribution in [0, 0.1) is 0 Å². The van der Waals surface area contributed by atoms with Gasteiger partial charge < -0.3 is 19.5 Å². The van der Waals surface area contributed by atoms with E-state index in [0.717, 1.165) is 6.04 Å². The molecule has 0 spiro atoms. The van der Waals surface area contributed by atoms with Gasteiger partial charge in [-0.15, -0.1) is 0 Å². The van der Waals surface area contributed by atoms with Crippen LogP contribution >= 0.6 is 15.9 Å². The first kappa shape index (κ1) is 26.8. The van der Waals surface area contributed by atoms with Crippen LogP contribution in [-0.4, -0.2) is 55.3 Å². The molecule has 0 aromatic carbocycles. The average molecular weight is 507 g/mol. The number of rotatable bonds is 12. The van der Waals surface area contributed by atoms with E-state index in [1.165, 1.54) is 4.68 Å². The highest BCUT2D eigenvalue weighted by molar-refractivity contribution is 9.10. The summed E-state index contributed by atoms with van der Waals surface area (Å²) < 4.78 is 18.1. The molecule has 30 heavy (non-hydrogen) atoms. The number of anilines is 1. The molecule has 1 atom stereocenters. The molecule has 0 saturated heterocycles. The molecule has 172 valence electrons. The lowest BCUT2D eigenvalue weighted by atomic mass is 10.2. The van der Waals surface area contributed by atoms with Gasteiger partial charge in [0.2, 0.25) is 0 Å². The number of hydrogen-bond donors (Lipinski definition) is 1. The Morgan fingerprint density at radius 1 is 1.27 bits per heavy atom. The summed E-state index contributed by atoms with van der Waals surface area (Å²) in [5.74, 6) is -0.286. The second-order valence-electron chi connectivity index (χ2n) is 9.48. The Hall–Kier alpha value is -1.23. The van der Waals surface area contributed by atoms with Crippen molar-refractivity contribution >= 4 is 35.7 Å². The molecule has 0 aliphatic carbocycles. The molecule has 1 rings (SSSR count). The Labute approximate surface area is 188 Å². The summed E-state index contributed by atoms with van der Waals surface area (Å²) in [5.41, 5.74) is -0.169. The minimum absolute atomic E-state index is 0.0787. The summed E-state index contributed by atoms with van der Waals surface area (Å²) in [6.45, 7) is 15.6. The second kappa shape index (κ2) is 12.0. The monoisotopic (exact) mass is 505 g/mol. The van der Waals surface area contributed by atoms with Gasteiger partial charge >= 0.3 is 5.97 Å². The highest BCUT2D eigenvalue weighted by atomic mass is 79.9. The standard InChI is InChI=1S/C20H36BrN3O5Si/c1-15(13-27-9-8-17(25)29-20(2,3)4)23-16-12-22-24(19(26)18(16)21)14-28-10-11-30(5,6)7/h12,15,23H,8-11,13-14H2,1-7H3/t15-/m0/s1. The van der Waals surface area contributed by atoms with E-state index in [1.54, 1.807) is 6.20 Å². The molecule has 0 aliphatic rings. The zero-order chi connectivity index (χ0) is 22.9. The van der Waals surface area contributed by atoms with Gasteiger partial charge in [-0.3, -0.25) is 9.59 Å². The number of esters is 1. The highest BCUT2D eigenvalue weighted by Crippen LogP contribution is 2.17. The van der Waals surface area contributed by atoms with Crippen molar-refractivity contribution < 1.29 is 19.0 Å². The van der Waals surface area contributed by atoms with Crippen molar-refractivity contribution in [3.63, 3.8) is 0 Å². The third kappa shape index (κ3) is 11.2. The maximum absolute atomic E-state index is 12.5. The molecule has 0 fully saturated rings. The predicted octanol–water partition coefficient (Wildman–Crippen LogP) is 3.87. The van der Waals surface area contributed by atoms with Crippen molar-refractivity contribution in [2.45, 2.75) is 78.2 Å². The van der Waals surface area contributed by atoms with Crippen molar-refractivity contribution in [2.24, 2.45) is 0 Å². The third-order valence-corrected chi connectivity index (χ3v) is 6.31. The lowest BCUT2D eigenvalue weighted by Crippen LogP contribution is -2.29. The third-order valence-electron chi connectivity index (χ3n) is 3.84. The van der Waals surface area contributed by atoms with E-state index in [-0.39, 0.29) is 37.3 Å². The summed E-state index contributed by atoms with van der Waals surface area (Å²) in [5, 5.41) is 7.37. The van der Waals surface area contributed by atoms with Gasteiger partial charge in [0, 0.05) is 20.7 Å². The number of halogens is 1. The first-order valence-electron chi connectivity index (χ1n) is 10.2. The fourth-order valence-corrected chi connectivity index (χ4v) is 3.48. The van der Waals surface area contributed by atoms with E-state index >= 15 is 0 Å². The number of carbonyl (C=O) groups is 1. The molecular weight excluding hydrogens is 470 g/mol. The Morgan fingerprint density at radius 3 is 2.53 bits per heavy atom. The lowest BCUT2D eigenvalue weighted by Gasteiger charge is -2.20. The van der Waals surface area contributed by atoms with Crippen molar-refractivity contribution in [2.75, 3.05) is 25.1 Å². The normalized spacial score (nSPS) is 13.2.